The first-order chi connectivity index (χ1) is 3.43. The van der Waals surface area contributed by atoms with Gasteiger partial charge in [-0.3, -0.25) is 0 Å². The smallest absolute Gasteiger partial charge is 0.124 e. The lowest BCUT2D eigenvalue weighted by Gasteiger charge is -1.91. The van der Waals surface area contributed by atoms with Crippen molar-refractivity contribution in [2.45, 2.75) is 0 Å². The van der Waals surface area contributed by atoms with Crippen molar-refractivity contribution in [2.24, 2.45) is 0 Å². The van der Waals surface area contributed by atoms with Crippen molar-refractivity contribution >= 4 is 11.9 Å². The highest BCUT2D eigenvalue weighted by atomic mass is 32.2. The molecule has 0 fully saturated rings. The third-order valence-corrected chi connectivity index (χ3v) is 1.49. The molecule has 1 rings (SSSR count). The minimum Gasteiger partial charge on any atom is -0.499 e. The molecule has 1 heterocycles. The van der Waals surface area contributed by atoms with Crippen molar-refractivity contribution < 1.29 is 4.74 Å². The Bertz CT molecular complexity index is 91.7. The Kier molecular flexibility index (Phi) is 1.46. The van der Waals surface area contributed by atoms with Crippen LogP contribution in [0.2, 0.25) is 0 Å². The second kappa shape index (κ2) is 2.12. The molecule has 0 saturated carbocycles. The van der Waals surface area contributed by atoms with E-state index in [0.717, 1.165) is 11.5 Å². The maximum Gasteiger partial charge on any atom is 0.124 e. The maximum atomic E-state index is 4.89. The first kappa shape index (κ1) is 4.84. The van der Waals surface area contributed by atoms with Crippen LogP contribution in [0.4, 0.5) is 0 Å². The van der Waals surface area contributed by atoms with E-state index in [1.54, 1.807) is 19.1 Å². The number of hydrogen-bond acceptors (Lipinski definition) is 3. The van der Waals surface area contributed by atoms with Gasteiger partial charge >= 0.3 is 0 Å². The Balaban J connectivity index is 2.36. The summed E-state index contributed by atoms with van der Waals surface area (Å²) in [6, 6.07) is 0. The van der Waals surface area contributed by atoms with Crippen LogP contribution >= 0.6 is 11.9 Å². The topological polar surface area (TPSA) is 21.3 Å². The van der Waals surface area contributed by atoms with Crippen molar-refractivity contribution in [1.82, 2.24) is 4.72 Å². The summed E-state index contributed by atoms with van der Waals surface area (Å²) in [4.78, 5) is 0. The number of ether oxygens (including phenoxy) is 1. The molecule has 0 atom stereocenters. The van der Waals surface area contributed by atoms with Crippen molar-refractivity contribution in [3.63, 3.8) is 0 Å². The summed E-state index contributed by atoms with van der Waals surface area (Å²) in [6.45, 7) is 0. The molecule has 2 nitrogen and oxygen atoms in total. The summed E-state index contributed by atoms with van der Waals surface area (Å²) in [5.41, 5.74) is 0. The molecule has 0 spiro atoms. The van der Waals surface area contributed by atoms with Crippen LogP contribution in [-0.4, -0.2) is 12.9 Å². The molecule has 0 bridgehead atoms. The average Bonchev–Trinajstić information content (AvgIpc) is 2.14. The summed E-state index contributed by atoms with van der Waals surface area (Å²) in [5, 5.41) is 0. The van der Waals surface area contributed by atoms with Crippen LogP contribution in [0.25, 0.3) is 0 Å². The second-order valence-corrected chi connectivity index (χ2v) is 2.03. The fourth-order valence-electron chi connectivity index (χ4n) is 0.380. The molecule has 3 heteroatoms. The zero-order valence-corrected chi connectivity index (χ0v) is 4.92. The van der Waals surface area contributed by atoms with Gasteiger partial charge in [-0.15, -0.1) is 0 Å². The molecule has 0 aliphatic carbocycles. The average molecular weight is 117 g/mol. The van der Waals surface area contributed by atoms with Crippen LogP contribution in [0, 0.1) is 0 Å². The Morgan fingerprint density at radius 1 is 2.00 bits per heavy atom. The third-order valence-electron chi connectivity index (χ3n) is 0.780. The van der Waals surface area contributed by atoms with Crippen molar-refractivity contribution in [1.29, 1.82) is 0 Å². The molecule has 7 heavy (non-hydrogen) atoms. The van der Waals surface area contributed by atoms with E-state index in [1.807, 2.05) is 6.20 Å². The van der Waals surface area contributed by atoms with Gasteiger partial charge in [0, 0.05) is 6.20 Å². The van der Waals surface area contributed by atoms with E-state index in [9.17, 15) is 0 Å². The first-order valence-electron chi connectivity index (χ1n) is 2.04. The van der Waals surface area contributed by atoms with Gasteiger partial charge in [0.15, 0.2) is 0 Å². The second-order valence-electron chi connectivity index (χ2n) is 1.22. The number of rotatable bonds is 1. The molecular formula is C4H7NOS. The van der Waals surface area contributed by atoms with E-state index in [0.29, 0.717) is 0 Å². The lowest BCUT2D eigenvalue weighted by Crippen LogP contribution is -1.82. The van der Waals surface area contributed by atoms with Crippen LogP contribution in [0.3, 0.4) is 0 Å². The zero-order chi connectivity index (χ0) is 5.11. The maximum absolute atomic E-state index is 4.89. The molecule has 0 aromatic carbocycles. The van der Waals surface area contributed by atoms with E-state index < -0.39 is 0 Å². The van der Waals surface area contributed by atoms with E-state index in [-0.39, 0.29) is 0 Å². The van der Waals surface area contributed by atoms with Gasteiger partial charge in [-0.25, -0.2) is 0 Å². The monoisotopic (exact) mass is 117 g/mol. The van der Waals surface area contributed by atoms with Gasteiger partial charge in [0.2, 0.25) is 0 Å². The Morgan fingerprint density at radius 2 is 2.86 bits per heavy atom. The SMILES string of the molecule is COC1=CNSC1. The van der Waals surface area contributed by atoms with E-state index >= 15 is 0 Å². The highest BCUT2D eigenvalue weighted by Gasteiger charge is 2.00. The minimum absolute atomic E-state index is 0.955. The first-order valence-corrected chi connectivity index (χ1v) is 3.02. The van der Waals surface area contributed by atoms with Crippen molar-refractivity contribution in [2.75, 3.05) is 12.9 Å². The number of nitrogens with one attached hydrogen (secondary N) is 1. The molecule has 1 aliphatic heterocycles. The Labute approximate surface area is 47.1 Å². The standard InChI is InChI=1S/C4H7NOS/c1-6-4-2-5-7-3-4/h2,5H,3H2,1H3. The lowest BCUT2D eigenvalue weighted by molar-refractivity contribution is 0.296. The van der Waals surface area contributed by atoms with Crippen LogP contribution in [0.1, 0.15) is 0 Å². The van der Waals surface area contributed by atoms with Crippen LogP contribution in [0.5, 0.6) is 0 Å². The number of hydrogen-bond donors (Lipinski definition) is 1. The molecule has 1 N–H and O–H groups in total. The van der Waals surface area contributed by atoms with E-state index in [4.69, 9.17) is 4.74 Å². The predicted molar refractivity (Wildman–Crippen MR) is 30.7 cm³/mol. The molecule has 0 unspecified atom stereocenters. The predicted octanol–water partition coefficient (Wildman–Crippen LogP) is 0.726. The van der Waals surface area contributed by atoms with Crippen LogP contribution in [0.15, 0.2) is 12.0 Å². The molecule has 0 saturated heterocycles. The van der Waals surface area contributed by atoms with Crippen molar-refractivity contribution in [3.8, 4) is 0 Å². The van der Waals surface area contributed by atoms with Gasteiger partial charge in [-0.05, 0) is 11.9 Å². The number of methoxy groups -OCH3 is 1. The fourth-order valence-corrected chi connectivity index (χ4v) is 1.02. The summed E-state index contributed by atoms with van der Waals surface area (Å²) in [6.07, 6.45) is 1.87. The van der Waals surface area contributed by atoms with Gasteiger partial charge < -0.3 is 9.46 Å². The van der Waals surface area contributed by atoms with Gasteiger partial charge in [0.05, 0.1) is 12.9 Å². The van der Waals surface area contributed by atoms with Gasteiger partial charge in [-0.2, -0.15) is 0 Å². The normalized spacial score (nSPS) is 18.1. The molecular weight excluding hydrogens is 110 g/mol. The summed E-state index contributed by atoms with van der Waals surface area (Å²) < 4.78 is 7.84. The molecule has 0 aromatic heterocycles. The molecule has 0 amide bonds. The van der Waals surface area contributed by atoms with Gasteiger partial charge in [-0.1, -0.05) is 0 Å². The lowest BCUT2D eigenvalue weighted by atomic mass is 10.6. The molecule has 0 aromatic rings. The largest absolute Gasteiger partial charge is 0.499 e. The van der Waals surface area contributed by atoms with Gasteiger partial charge in [0.25, 0.3) is 0 Å². The summed E-state index contributed by atoms with van der Waals surface area (Å²) in [7, 11) is 1.68. The Morgan fingerprint density at radius 3 is 3.14 bits per heavy atom. The molecule has 1 aliphatic rings. The third kappa shape index (κ3) is 1.03. The van der Waals surface area contributed by atoms with E-state index in [2.05, 4.69) is 4.72 Å². The summed E-state index contributed by atoms with van der Waals surface area (Å²) in [5.74, 6) is 1.97. The van der Waals surface area contributed by atoms with Gasteiger partial charge in [0.1, 0.15) is 5.76 Å². The molecule has 40 valence electrons. The highest BCUT2D eigenvalue weighted by Crippen LogP contribution is 2.10. The van der Waals surface area contributed by atoms with Crippen LogP contribution in [-0.2, 0) is 4.74 Å². The molecule has 0 radical (unpaired) electrons. The Hall–Kier alpha value is -0.310. The van der Waals surface area contributed by atoms with Crippen molar-refractivity contribution in [3.05, 3.63) is 12.0 Å². The fraction of sp³-hybridized carbons (Fsp3) is 0.500. The highest BCUT2D eigenvalue weighted by molar-refractivity contribution is 7.97. The summed E-state index contributed by atoms with van der Waals surface area (Å²) >= 11 is 1.64. The van der Waals surface area contributed by atoms with Crippen LogP contribution < -0.4 is 4.72 Å². The minimum atomic E-state index is 0.955. The quantitative estimate of drug-likeness (QED) is 0.511. The van der Waals surface area contributed by atoms with E-state index in [1.165, 1.54) is 0 Å². The zero-order valence-electron chi connectivity index (χ0n) is 4.10.